The lowest BCUT2D eigenvalue weighted by Crippen LogP contribution is -2.50. The van der Waals surface area contributed by atoms with Crippen molar-refractivity contribution in [3.63, 3.8) is 0 Å². The molecule has 162 valence electrons. The maximum atomic E-state index is 12.7. The summed E-state index contributed by atoms with van der Waals surface area (Å²) in [6.07, 6.45) is 6.05. The molecule has 30 heavy (non-hydrogen) atoms. The van der Waals surface area contributed by atoms with Crippen molar-refractivity contribution in [3.05, 3.63) is 53.7 Å². The number of nitrogens with one attached hydrogen (secondary N) is 1. The van der Waals surface area contributed by atoms with E-state index in [4.69, 9.17) is 9.52 Å². The van der Waals surface area contributed by atoms with Crippen LogP contribution in [-0.2, 0) is 24.5 Å². The fraction of sp³-hybridized carbons (Fsp3) is 0.565. The molecule has 2 saturated heterocycles. The number of amides is 1. The fourth-order valence-corrected chi connectivity index (χ4v) is 4.63. The monoisotopic (exact) mass is 412 g/mol. The Morgan fingerprint density at radius 3 is 2.70 bits per heavy atom. The molecule has 1 amide bonds. The largest absolute Gasteiger partial charge is 0.462 e. The number of nitrogens with zero attached hydrogens (tertiary/aromatic N) is 3. The molecule has 2 aliphatic rings. The maximum Gasteiger partial charge on any atom is 0.224 e. The van der Waals surface area contributed by atoms with Gasteiger partial charge in [0.05, 0.1) is 24.7 Å². The highest BCUT2D eigenvalue weighted by Crippen LogP contribution is 2.25. The van der Waals surface area contributed by atoms with Crippen molar-refractivity contribution in [2.24, 2.45) is 5.92 Å². The number of aromatic nitrogens is 1. The molecule has 0 aliphatic carbocycles. The Labute approximate surface area is 178 Å². The van der Waals surface area contributed by atoms with Gasteiger partial charge in [-0.05, 0) is 56.5 Å². The molecule has 0 spiro atoms. The summed E-state index contributed by atoms with van der Waals surface area (Å²) in [4.78, 5) is 21.9. The lowest BCUT2D eigenvalue weighted by Gasteiger charge is -2.41. The Balaban J connectivity index is 1.22. The van der Waals surface area contributed by atoms with E-state index < -0.39 is 0 Å². The van der Waals surface area contributed by atoms with Crippen molar-refractivity contribution in [1.29, 1.82) is 0 Å². The molecule has 0 saturated carbocycles. The molecule has 2 aliphatic heterocycles. The van der Waals surface area contributed by atoms with Crippen LogP contribution in [0.4, 0.5) is 0 Å². The highest BCUT2D eigenvalue weighted by Gasteiger charge is 2.31. The highest BCUT2D eigenvalue weighted by molar-refractivity contribution is 5.78. The molecule has 2 N–H and O–H groups in total. The third-order valence-corrected chi connectivity index (χ3v) is 6.32. The maximum absolute atomic E-state index is 12.7. The molecule has 1 atom stereocenters. The predicted molar refractivity (Wildman–Crippen MR) is 113 cm³/mol. The van der Waals surface area contributed by atoms with Crippen LogP contribution in [-0.4, -0.2) is 58.0 Å². The summed E-state index contributed by atoms with van der Waals surface area (Å²) in [6.45, 7) is 5.27. The summed E-state index contributed by atoms with van der Waals surface area (Å²) in [7, 11) is 0. The van der Waals surface area contributed by atoms with Gasteiger partial charge in [-0.1, -0.05) is 6.07 Å². The minimum atomic E-state index is -0.0480. The smallest absolute Gasteiger partial charge is 0.224 e. The first kappa shape index (κ1) is 21.0. The van der Waals surface area contributed by atoms with Crippen LogP contribution in [0, 0.1) is 5.92 Å². The minimum Gasteiger partial charge on any atom is -0.462 e. The van der Waals surface area contributed by atoms with Crippen molar-refractivity contribution in [1.82, 2.24) is 20.1 Å². The SMILES string of the molecule is O=C(NCc1ccccn1)C1CCCN(C2CCN(Cc3ccc(CO)o3)CC2)C1. The average Bonchev–Trinajstić information content (AvgIpc) is 3.26. The van der Waals surface area contributed by atoms with E-state index in [1.807, 2.05) is 30.3 Å². The van der Waals surface area contributed by atoms with Gasteiger partial charge in [-0.15, -0.1) is 0 Å². The summed E-state index contributed by atoms with van der Waals surface area (Å²) in [6, 6.07) is 10.1. The second-order valence-corrected chi connectivity index (χ2v) is 8.41. The summed E-state index contributed by atoms with van der Waals surface area (Å²) in [5.41, 5.74) is 0.897. The van der Waals surface area contributed by atoms with E-state index in [0.717, 1.165) is 69.9 Å². The molecular formula is C23H32N4O3. The molecule has 1 unspecified atom stereocenters. The van der Waals surface area contributed by atoms with Crippen LogP contribution in [0.25, 0.3) is 0 Å². The molecule has 0 radical (unpaired) electrons. The molecule has 7 heteroatoms. The molecule has 4 rings (SSSR count). The molecular weight excluding hydrogens is 380 g/mol. The van der Waals surface area contributed by atoms with E-state index in [9.17, 15) is 4.79 Å². The van der Waals surface area contributed by atoms with Gasteiger partial charge in [-0.2, -0.15) is 0 Å². The van der Waals surface area contributed by atoms with Crippen LogP contribution in [0.3, 0.4) is 0 Å². The molecule has 2 aromatic rings. The number of rotatable bonds is 7. The first-order valence-electron chi connectivity index (χ1n) is 11.0. The van der Waals surface area contributed by atoms with Gasteiger partial charge in [0.1, 0.15) is 18.1 Å². The second kappa shape index (κ2) is 10.2. The van der Waals surface area contributed by atoms with E-state index in [1.165, 1.54) is 0 Å². The Morgan fingerprint density at radius 2 is 1.97 bits per heavy atom. The fourth-order valence-electron chi connectivity index (χ4n) is 4.63. The topological polar surface area (TPSA) is 81.8 Å². The van der Waals surface area contributed by atoms with Gasteiger partial charge in [0.2, 0.25) is 5.91 Å². The van der Waals surface area contributed by atoms with Crippen LogP contribution in [0.15, 0.2) is 40.9 Å². The third kappa shape index (κ3) is 5.47. The van der Waals surface area contributed by atoms with E-state index >= 15 is 0 Å². The van der Waals surface area contributed by atoms with Crippen LogP contribution in [0.1, 0.15) is 42.9 Å². The van der Waals surface area contributed by atoms with Crippen molar-refractivity contribution >= 4 is 5.91 Å². The highest BCUT2D eigenvalue weighted by atomic mass is 16.4. The molecule has 7 nitrogen and oxygen atoms in total. The normalized spacial score (nSPS) is 21.6. The van der Waals surface area contributed by atoms with Gasteiger partial charge in [-0.3, -0.25) is 19.6 Å². The van der Waals surface area contributed by atoms with Gasteiger partial charge >= 0.3 is 0 Å². The lowest BCUT2D eigenvalue weighted by molar-refractivity contribution is -0.127. The van der Waals surface area contributed by atoms with Gasteiger partial charge in [0, 0.05) is 31.9 Å². The first-order chi connectivity index (χ1) is 14.7. The number of pyridine rings is 1. The van der Waals surface area contributed by atoms with Crippen molar-refractivity contribution in [3.8, 4) is 0 Å². The van der Waals surface area contributed by atoms with E-state index in [1.54, 1.807) is 6.20 Å². The quantitative estimate of drug-likeness (QED) is 0.725. The molecule has 0 aromatic carbocycles. The van der Waals surface area contributed by atoms with Gasteiger partial charge in [0.25, 0.3) is 0 Å². The number of piperidine rings is 2. The van der Waals surface area contributed by atoms with Crippen molar-refractivity contribution in [2.75, 3.05) is 26.2 Å². The standard InChI is InChI=1S/C23H32N4O3/c28-17-22-7-6-21(30-22)16-26-12-8-20(9-13-26)27-11-3-4-18(15-27)23(29)25-14-19-5-1-2-10-24-19/h1-2,5-7,10,18,20,28H,3-4,8-9,11-17H2,(H,25,29). The zero-order chi connectivity index (χ0) is 20.8. The van der Waals surface area contributed by atoms with Gasteiger partial charge < -0.3 is 14.8 Å². The van der Waals surface area contributed by atoms with Crippen LogP contribution >= 0.6 is 0 Å². The Bertz CT molecular complexity index is 802. The molecule has 4 heterocycles. The van der Waals surface area contributed by atoms with Crippen LogP contribution < -0.4 is 5.32 Å². The molecule has 2 aromatic heterocycles. The summed E-state index contributed by atoms with van der Waals surface area (Å²) in [5.74, 6) is 1.77. The number of likely N-dealkylation sites (tertiary alicyclic amines) is 2. The molecule has 0 bridgehead atoms. The summed E-state index contributed by atoms with van der Waals surface area (Å²) in [5, 5.41) is 12.2. The summed E-state index contributed by atoms with van der Waals surface area (Å²) < 4.78 is 5.62. The van der Waals surface area contributed by atoms with Crippen LogP contribution in [0.5, 0.6) is 0 Å². The second-order valence-electron chi connectivity index (χ2n) is 8.41. The Morgan fingerprint density at radius 1 is 1.13 bits per heavy atom. The number of carbonyl (C=O) groups is 1. The zero-order valence-electron chi connectivity index (χ0n) is 17.5. The van der Waals surface area contributed by atoms with E-state index in [2.05, 4.69) is 20.1 Å². The average molecular weight is 413 g/mol. The zero-order valence-corrected chi connectivity index (χ0v) is 17.5. The van der Waals surface area contributed by atoms with Crippen molar-refractivity contribution < 1.29 is 14.3 Å². The number of aliphatic hydroxyl groups is 1. The Hall–Kier alpha value is -2.22. The number of furan rings is 1. The number of carbonyl (C=O) groups excluding carboxylic acids is 1. The summed E-state index contributed by atoms with van der Waals surface area (Å²) >= 11 is 0. The van der Waals surface area contributed by atoms with Crippen molar-refractivity contribution in [2.45, 2.75) is 51.4 Å². The number of hydrogen-bond donors (Lipinski definition) is 2. The van der Waals surface area contributed by atoms with Gasteiger partial charge in [-0.25, -0.2) is 0 Å². The first-order valence-corrected chi connectivity index (χ1v) is 11.0. The number of aliphatic hydroxyl groups excluding tert-OH is 1. The molecule has 2 fully saturated rings. The van der Waals surface area contributed by atoms with E-state index in [0.29, 0.717) is 18.3 Å². The van der Waals surface area contributed by atoms with E-state index in [-0.39, 0.29) is 18.4 Å². The van der Waals surface area contributed by atoms with Gasteiger partial charge in [0.15, 0.2) is 0 Å². The minimum absolute atomic E-state index is 0.0480. The lowest BCUT2D eigenvalue weighted by atomic mass is 9.93. The predicted octanol–water partition coefficient (Wildman–Crippen LogP) is 2.16. The Kier molecular flexibility index (Phi) is 7.15. The van der Waals surface area contributed by atoms with Crippen LogP contribution in [0.2, 0.25) is 0 Å². The number of hydrogen-bond acceptors (Lipinski definition) is 6. The third-order valence-electron chi connectivity index (χ3n) is 6.32.